The molecule has 11 heavy (non-hydrogen) atoms. The normalized spacial score (nSPS) is 18.7. The van der Waals surface area contributed by atoms with E-state index in [1.54, 1.807) is 0 Å². The van der Waals surface area contributed by atoms with Crippen LogP contribution in [0.2, 0.25) is 0 Å². The first-order valence-electron chi connectivity index (χ1n) is 3.75. The van der Waals surface area contributed by atoms with Crippen LogP contribution in [-0.4, -0.2) is 11.2 Å². The van der Waals surface area contributed by atoms with Gasteiger partial charge in [-0.05, 0) is 18.4 Å². The molecule has 0 saturated carbocycles. The second kappa shape index (κ2) is 3.95. The summed E-state index contributed by atoms with van der Waals surface area (Å²) in [5.74, 6) is 0. The molecule has 1 aliphatic rings. The number of nitriles is 1. The van der Waals surface area contributed by atoms with Crippen LogP contribution < -0.4 is 0 Å². The van der Waals surface area contributed by atoms with Gasteiger partial charge in [-0.3, -0.25) is 0 Å². The summed E-state index contributed by atoms with van der Waals surface area (Å²) in [6.07, 6.45) is 7.41. The van der Waals surface area contributed by atoms with E-state index in [0.29, 0.717) is 0 Å². The van der Waals surface area contributed by atoms with Crippen LogP contribution >= 0.6 is 0 Å². The van der Waals surface area contributed by atoms with Crippen LogP contribution in [0.1, 0.15) is 19.3 Å². The van der Waals surface area contributed by atoms with Gasteiger partial charge in [-0.15, -0.1) is 0 Å². The highest BCUT2D eigenvalue weighted by Gasteiger charge is 2.09. The van der Waals surface area contributed by atoms with Gasteiger partial charge in [0.1, 0.15) is 0 Å². The summed E-state index contributed by atoms with van der Waals surface area (Å²) >= 11 is 0. The molecule has 1 unspecified atom stereocenters. The van der Waals surface area contributed by atoms with Crippen molar-refractivity contribution in [2.45, 2.75) is 25.4 Å². The summed E-state index contributed by atoms with van der Waals surface area (Å²) in [5, 5.41) is 17.7. The Morgan fingerprint density at radius 3 is 3.09 bits per heavy atom. The van der Waals surface area contributed by atoms with Crippen molar-refractivity contribution in [1.29, 1.82) is 5.26 Å². The van der Waals surface area contributed by atoms with E-state index in [-0.39, 0.29) is 6.42 Å². The number of aliphatic hydroxyl groups excluding tert-OH is 1. The van der Waals surface area contributed by atoms with Gasteiger partial charge in [0.2, 0.25) is 0 Å². The fraction of sp³-hybridized carbons (Fsp3) is 0.444. The molecule has 58 valence electrons. The van der Waals surface area contributed by atoms with Gasteiger partial charge < -0.3 is 5.11 Å². The van der Waals surface area contributed by atoms with Crippen LogP contribution in [0.25, 0.3) is 0 Å². The highest BCUT2D eigenvalue weighted by Crippen LogP contribution is 2.16. The number of aliphatic hydroxyl groups is 1. The van der Waals surface area contributed by atoms with Crippen molar-refractivity contribution in [3.8, 4) is 6.07 Å². The smallest absolute Gasteiger partial charge is 0.0883 e. The van der Waals surface area contributed by atoms with Gasteiger partial charge in [-0.25, -0.2) is 0 Å². The van der Waals surface area contributed by atoms with E-state index < -0.39 is 6.10 Å². The van der Waals surface area contributed by atoms with E-state index in [4.69, 9.17) is 5.26 Å². The zero-order valence-corrected chi connectivity index (χ0v) is 6.33. The molecule has 0 spiro atoms. The first kappa shape index (κ1) is 8.03. The molecule has 0 fully saturated rings. The van der Waals surface area contributed by atoms with Gasteiger partial charge in [0.15, 0.2) is 0 Å². The van der Waals surface area contributed by atoms with Crippen LogP contribution in [0, 0.1) is 11.3 Å². The summed E-state index contributed by atoms with van der Waals surface area (Å²) in [6, 6.07) is 1.95. The van der Waals surface area contributed by atoms with Crippen molar-refractivity contribution in [2.24, 2.45) is 0 Å². The lowest BCUT2D eigenvalue weighted by atomic mass is 9.98. The SMILES string of the molecule is N#CCC(O)C1=CC=CCC1. The van der Waals surface area contributed by atoms with Crippen molar-refractivity contribution in [1.82, 2.24) is 0 Å². The lowest BCUT2D eigenvalue weighted by Crippen LogP contribution is -2.10. The molecule has 1 N–H and O–H groups in total. The minimum atomic E-state index is -0.551. The molecule has 2 nitrogen and oxygen atoms in total. The van der Waals surface area contributed by atoms with Gasteiger partial charge in [-0.2, -0.15) is 5.26 Å². The molecule has 0 bridgehead atoms. The molecule has 2 heteroatoms. The summed E-state index contributed by atoms with van der Waals surface area (Å²) in [4.78, 5) is 0. The maximum absolute atomic E-state index is 9.35. The zero-order chi connectivity index (χ0) is 8.10. The molecular weight excluding hydrogens is 138 g/mol. The van der Waals surface area contributed by atoms with Crippen molar-refractivity contribution in [3.05, 3.63) is 23.8 Å². The molecule has 0 amide bonds. The summed E-state index contributed by atoms with van der Waals surface area (Å²) in [5.41, 5.74) is 0.981. The van der Waals surface area contributed by atoms with Gasteiger partial charge in [0.25, 0.3) is 0 Å². The molecule has 0 heterocycles. The molecule has 0 aliphatic heterocycles. The molecule has 0 aromatic carbocycles. The van der Waals surface area contributed by atoms with E-state index in [1.165, 1.54) is 0 Å². The first-order valence-corrected chi connectivity index (χ1v) is 3.75. The number of allylic oxidation sites excluding steroid dienone is 3. The highest BCUT2D eigenvalue weighted by molar-refractivity contribution is 5.21. The maximum Gasteiger partial charge on any atom is 0.0883 e. The van der Waals surface area contributed by atoms with E-state index in [0.717, 1.165) is 18.4 Å². The highest BCUT2D eigenvalue weighted by atomic mass is 16.3. The van der Waals surface area contributed by atoms with Gasteiger partial charge >= 0.3 is 0 Å². The average Bonchev–Trinajstić information content (AvgIpc) is 2.07. The Labute approximate surface area is 66.5 Å². The molecule has 0 saturated heterocycles. The molecule has 0 aromatic heterocycles. The molecule has 1 atom stereocenters. The Morgan fingerprint density at radius 1 is 1.73 bits per heavy atom. The van der Waals surface area contributed by atoms with Crippen molar-refractivity contribution >= 4 is 0 Å². The third-order valence-electron chi connectivity index (χ3n) is 1.76. The Balaban J connectivity index is 2.53. The Hall–Kier alpha value is -1.07. The molecule has 0 aromatic rings. The zero-order valence-electron chi connectivity index (χ0n) is 6.33. The molecule has 1 aliphatic carbocycles. The average molecular weight is 149 g/mol. The third-order valence-corrected chi connectivity index (χ3v) is 1.76. The topological polar surface area (TPSA) is 44.0 Å². The van der Waals surface area contributed by atoms with Crippen molar-refractivity contribution in [3.63, 3.8) is 0 Å². The number of nitrogens with zero attached hydrogens (tertiary/aromatic N) is 1. The largest absolute Gasteiger partial charge is 0.388 e. The van der Waals surface area contributed by atoms with Crippen LogP contribution in [0.3, 0.4) is 0 Å². The van der Waals surface area contributed by atoms with Crippen LogP contribution in [0.5, 0.6) is 0 Å². The van der Waals surface area contributed by atoms with Crippen molar-refractivity contribution in [2.75, 3.05) is 0 Å². The minimum Gasteiger partial charge on any atom is -0.388 e. The first-order chi connectivity index (χ1) is 5.34. The number of rotatable bonds is 2. The molecule has 1 rings (SSSR count). The van der Waals surface area contributed by atoms with Crippen molar-refractivity contribution < 1.29 is 5.11 Å². The quantitative estimate of drug-likeness (QED) is 0.647. The summed E-state index contributed by atoms with van der Waals surface area (Å²) < 4.78 is 0. The van der Waals surface area contributed by atoms with E-state index in [2.05, 4.69) is 6.08 Å². The Morgan fingerprint density at radius 2 is 2.55 bits per heavy atom. The fourth-order valence-corrected chi connectivity index (χ4v) is 1.12. The Bertz CT molecular complexity index is 222. The van der Waals surface area contributed by atoms with Gasteiger partial charge in [0.05, 0.1) is 18.6 Å². The lowest BCUT2D eigenvalue weighted by molar-refractivity contribution is 0.211. The molecule has 0 radical (unpaired) electrons. The van der Waals surface area contributed by atoms with E-state index >= 15 is 0 Å². The monoisotopic (exact) mass is 149 g/mol. The standard InChI is InChI=1S/C9H11NO/c10-7-6-9(11)8-4-2-1-3-5-8/h1-2,4,9,11H,3,5-6H2. The van der Waals surface area contributed by atoms with Gasteiger partial charge in [0, 0.05) is 0 Å². The predicted molar refractivity (Wildman–Crippen MR) is 42.7 cm³/mol. The van der Waals surface area contributed by atoms with Crippen LogP contribution in [0.15, 0.2) is 23.8 Å². The summed E-state index contributed by atoms with van der Waals surface area (Å²) in [6.45, 7) is 0. The second-order valence-electron chi connectivity index (χ2n) is 2.59. The summed E-state index contributed by atoms with van der Waals surface area (Å²) in [7, 11) is 0. The fourth-order valence-electron chi connectivity index (χ4n) is 1.12. The number of hydrogen-bond acceptors (Lipinski definition) is 2. The molecular formula is C9H11NO. The maximum atomic E-state index is 9.35. The minimum absolute atomic E-state index is 0.208. The Kier molecular flexibility index (Phi) is 2.88. The second-order valence-corrected chi connectivity index (χ2v) is 2.59. The third kappa shape index (κ3) is 2.21. The lowest BCUT2D eigenvalue weighted by Gasteiger charge is -2.12. The van der Waals surface area contributed by atoms with E-state index in [1.807, 2.05) is 18.2 Å². The van der Waals surface area contributed by atoms with Crippen LogP contribution in [-0.2, 0) is 0 Å². The predicted octanol–water partition coefficient (Wildman–Crippen LogP) is 1.54. The van der Waals surface area contributed by atoms with E-state index in [9.17, 15) is 5.11 Å². The van der Waals surface area contributed by atoms with Gasteiger partial charge in [-0.1, -0.05) is 18.2 Å². The van der Waals surface area contributed by atoms with Crippen LogP contribution in [0.4, 0.5) is 0 Å². The number of hydrogen-bond donors (Lipinski definition) is 1.